The second-order valence-electron chi connectivity index (χ2n) is 20.3. The minimum absolute atomic E-state index is 0.219. The molecule has 4 N–H and O–H groups in total. The van der Waals surface area contributed by atoms with E-state index in [-0.39, 0.29) is 11.1 Å². The Balaban J connectivity index is 0.798. The Labute approximate surface area is 342 Å². The Bertz CT molecular complexity index is 1950. The summed E-state index contributed by atoms with van der Waals surface area (Å²) in [5.41, 5.74) is 18.8. The number of hydrogen-bond acceptors (Lipinski definition) is 6. The normalized spacial score (nSPS) is 30.5. The number of nitrogens with two attached hydrogens (primary N) is 2. The largest absolute Gasteiger partial charge is 0.323 e. The minimum Gasteiger partial charge on any atom is -0.323 e. The van der Waals surface area contributed by atoms with E-state index in [2.05, 4.69) is 67.5 Å². The number of nitrogens with zero attached hydrogens (tertiary/aromatic N) is 6. The Hall–Kier alpha value is -2.78. The van der Waals surface area contributed by atoms with Crippen LogP contribution in [-0.4, -0.2) is 68.2 Å². The molecular formula is C49H72N8. The van der Waals surface area contributed by atoms with E-state index in [1.54, 1.807) is 0 Å². The molecule has 6 fully saturated rings. The lowest BCUT2D eigenvalue weighted by Gasteiger charge is -2.43. The van der Waals surface area contributed by atoms with Gasteiger partial charge in [-0.3, -0.25) is 0 Å². The van der Waals surface area contributed by atoms with Crippen LogP contribution < -0.4 is 11.5 Å². The van der Waals surface area contributed by atoms with Crippen LogP contribution in [0, 0.1) is 23.7 Å². The molecule has 2 aromatic heterocycles. The van der Waals surface area contributed by atoms with Crippen molar-refractivity contribution in [2.24, 2.45) is 35.1 Å². The zero-order chi connectivity index (χ0) is 38.4. The Morgan fingerprint density at radius 2 is 1.00 bits per heavy atom. The number of para-hydroxylation sites is 4. The number of hydrogen-bond donors (Lipinski definition) is 2. The average molecular weight is 773 g/mol. The van der Waals surface area contributed by atoms with Gasteiger partial charge in [-0.15, -0.1) is 0 Å². The van der Waals surface area contributed by atoms with Gasteiger partial charge in [0, 0.05) is 51.4 Å². The minimum atomic E-state index is -0.345. The maximum atomic E-state index is 7.75. The maximum absolute atomic E-state index is 7.75. The molecule has 4 unspecified atom stereocenters. The fourth-order valence-electron chi connectivity index (χ4n) is 12.9. The summed E-state index contributed by atoms with van der Waals surface area (Å²) in [5.74, 6) is 5.52. The number of benzene rings is 2. The molecule has 0 radical (unpaired) electrons. The lowest BCUT2D eigenvalue weighted by atomic mass is 9.68. The second-order valence-corrected chi connectivity index (χ2v) is 20.3. The first-order chi connectivity index (χ1) is 27.9. The molecule has 308 valence electrons. The molecule has 4 aliphatic carbocycles. The molecule has 4 heterocycles. The zero-order valence-corrected chi connectivity index (χ0v) is 35.0. The third kappa shape index (κ3) is 7.99. The standard InChI is InChI=1S/C49H72N8/c50-48(26-27-48)46-52-42-17-7-9-19-44(42)56(46)40-23-30-55(31-24-40)35-37-14-5-6-15-38(32-37)39-16-11-25-49(51,33-39)47-53-43-18-8-10-20-45(43)57(47)41-21-28-54(29-22-41)34-36-12-3-1-2-4-13-36/h7-10,17-20,36-41H,1-6,11-16,21-35,50-51H2. The van der Waals surface area contributed by atoms with E-state index < -0.39 is 0 Å². The molecule has 2 aliphatic heterocycles. The van der Waals surface area contributed by atoms with Crippen LogP contribution in [-0.2, 0) is 11.1 Å². The summed E-state index contributed by atoms with van der Waals surface area (Å²) < 4.78 is 5.23. The molecule has 6 aliphatic rings. The highest BCUT2D eigenvalue weighted by Gasteiger charge is 2.46. The summed E-state index contributed by atoms with van der Waals surface area (Å²) >= 11 is 0. The van der Waals surface area contributed by atoms with E-state index in [0.29, 0.717) is 18.0 Å². The number of aromatic nitrogens is 4. The topological polar surface area (TPSA) is 94.2 Å². The average Bonchev–Trinajstić information content (AvgIpc) is 3.87. The van der Waals surface area contributed by atoms with Crippen LogP contribution in [0.1, 0.15) is 159 Å². The first-order valence-electron chi connectivity index (χ1n) is 23.9. The Morgan fingerprint density at radius 3 is 1.60 bits per heavy atom. The van der Waals surface area contributed by atoms with Crippen molar-refractivity contribution in [1.29, 1.82) is 0 Å². The van der Waals surface area contributed by atoms with Crippen molar-refractivity contribution in [3.63, 3.8) is 0 Å². The molecule has 0 amide bonds. The van der Waals surface area contributed by atoms with Gasteiger partial charge >= 0.3 is 0 Å². The Morgan fingerprint density at radius 1 is 0.509 bits per heavy atom. The van der Waals surface area contributed by atoms with Crippen molar-refractivity contribution in [3.05, 3.63) is 60.2 Å². The van der Waals surface area contributed by atoms with E-state index in [9.17, 15) is 0 Å². The van der Waals surface area contributed by atoms with Crippen LogP contribution in [0.3, 0.4) is 0 Å². The third-order valence-electron chi connectivity index (χ3n) is 16.3. The second kappa shape index (κ2) is 16.3. The van der Waals surface area contributed by atoms with E-state index in [1.165, 1.54) is 165 Å². The van der Waals surface area contributed by atoms with Gasteiger partial charge in [0.1, 0.15) is 11.6 Å². The first kappa shape index (κ1) is 38.4. The number of rotatable bonds is 9. The van der Waals surface area contributed by atoms with Crippen molar-refractivity contribution in [2.75, 3.05) is 39.3 Å². The fraction of sp³-hybridized carbons (Fsp3) is 0.714. The molecule has 2 saturated heterocycles. The Kier molecular flexibility index (Phi) is 11.0. The summed E-state index contributed by atoms with van der Waals surface area (Å²) in [4.78, 5) is 16.2. The molecule has 8 nitrogen and oxygen atoms in total. The molecule has 0 bridgehead atoms. The highest BCUT2D eigenvalue weighted by Crippen LogP contribution is 2.48. The molecule has 4 saturated carbocycles. The lowest BCUT2D eigenvalue weighted by Crippen LogP contribution is -2.46. The van der Waals surface area contributed by atoms with Crippen molar-refractivity contribution in [3.8, 4) is 0 Å². The van der Waals surface area contributed by atoms with E-state index >= 15 is 0 Å². The number of imidazole rings is 2. The van der Waals surface area contributed by atoms with Crippen LogP contribution in [0.2, 0.25) is 0 Å². The van der Waals surface area contributed by atoms with Gasteiger partial charge in [-0.05, 0) is 125 Å². The fourth-order valence-corrected chi connectivity index (χ4v) is 12.9. The van der Waals surface area contributed by atoms with E-state index in [1.807, 2.05) is 0 Å². The number of fused-ring (bicyclic) bond motifs is 2. The monoisotopic (exact) mass is 773 g/mol. The van der Waals surface area contributed by atoms with Gasteiger partial charge in [0.25, 0.3) is 0 Å². The summed E-state index contributed by atoms with van der Waals surface area (Å²) in [6.07, 6.45) is 27.2. The van der Waals surface area contributed by atoms with Gasteiger partial charge in [-0.25, -0.2) is 9.97 Å². The number of likely N-dealkylation sites (tertiary alicyclic amines) is 2. The van der Waals surface area contributed by atoms with Crippen molar-refractivity contribution in [1.82, 2.24) is 28.9 Å². The SMILES string of the molecule is NC1(c2nc3ccccc3n2C2CCN(CC3CCCCC(C4CCCC(N)(c5nc6ccccc6n5C5CCN(CC6CCCCCC6)CC5)C4)C3)CC2)CC1. The van der Waals surface area contributed by atoms with Gasteiger partial charge in [0.05, 0.1) is 33.1 Å². The molecule has 2 aromatic carbocycles. The predicted octanol–water partition coefficient (Wildman–Crippen LogP) is 9.82. The van der Waals surface area contributed by atoms with Crippen molar-refractivity contribution >= 4 is 22.1 Å². The highest BCUT2D eigenvalue weighted by molar-refractivity contribution is 5.77. The van der Waals surface area contributed by atoms with Crippen LogP contribution in [0.15, 0.2) is 48.5 Å². The first-order valence-corrected chi connectivity index (χ1v) is 23.9. The zero-order valence-electron chi connectivity index (χ0n) is 35.0. The molecule has 10 rings (SSSR count). The third-order valence-corrected chi connectivity index (χ3v) is 16.3. The van der Waals surface area contributed by atoms with Gasteiger partial charge in [0.15, 0.2) is 0 Å². The highest BCUT2D eigenvalue weighted by atomic mass is 15.2. The molecule has 4 atom stereocenters. The van der Waals surface area contributed by atoms with Crippen LogP contribution in [0.5, 0.6) is 0 Å². The van der Waals surface area contributed by atoms with Crippen molar-refractivity contribution < 1.29 is 0 Å². The van der Waals surface area contributed by atoms with Crippen LogP contribution in [0.4, 0.5) is 0 Å². The summed E-state index contributed by atoms with van der Waals surface area (Å²) in [5, 5.41) is 0. The summed E-state index contributed by atoms with van der Waals surface area (Å²) in [6, 6.07) is 18.6. The molecule has 4 aromatic rings. The van der Waals surface area contributed by atoms with Gasteiger partial charge in [-0.2, -0.15) is 0 Å². The van der Waals surface area contributed by atoms with Gasteiger partial charge in [-0.1, -0.05) is 82.1 Å². The smallest absolute Gasteiger partial charge is 0.130 e. The maximum Gasteiger partial charge on any atom is 0.130 e. The van der Waals surface area contributed by atoms with E-state index in [4.69, 9.17) is 21.4 Å². The lowest BCUT2D eigenvalue weighted by molar-refractivity contribution is 0.115. The summed E-state index contributed by atoms with van der Waals surface area (Å²) in [7, 11) is 0. The molecule has 57 heavy (non-hydrogen) atoms. The molecule has 0 spiro atoms. The molecular weight excluding hydrogens is 701 g/mol. The van der Waals surface area contributed by atoms with Gasteiger partial charge < -0.3 is 30.4 Å². The van der Waals surface area contributed by atoms with Crippen molar-refractivity contribution in [2.45, 2.75) is 158 Å². The number of piperidine rings is 2. The van der Waals surface area contributed by atoms with Crippen LogP contribution in [0.25, 0.3) is 22.1 Å². The van der Waals surface area contributed by atoms with E-state index in [0.717, 1.165) is 60.3 Å². The molecule has 8 heteroatoms. The van der Waals surface area contributed by atoms with Crippen LogP contribution >= 0.6 is 0 Å². The predicted molar refractivity (Wildman–Crippen MR) is 233 cm³/mol. The van der Waals surface area contributed by atoms with Gasteiger partial charge in [0.2, 0.25) is 0 Å². The quantitative estimate of drug-likeness (QED) is 0.165. The summed E-state index contributed by atoms with van der Waals surface area (Å²) in [6.45, 7) is 7.36.